The van der Waals surface area contributed by atoms with Gasteiger partial charge in [-0.1, -0.05) is 48.0 Å². The van der Waals surface area contributed by atoms with Gasteiger partial charge in [-0.15, -0.1) is 0 Å². The van der Waals surface area contributed by atoms with E-state index < -0.39 is 47.1 Å². The summed E-state index contributed by atoms with van der Waals surface area (Å²) in [6.07, 6.45) is -5.93. The van der Waals surface area contributed by atoms with Crippen molar-refractivity contribution in [1.29, 1.82) is 0 Å². The first-order valence-electron chi connectivity index (χ1n) is 9.57. The number of ether oxygens (including phenoxy) is 4. The van der Waals surface area contributed by atoms with Crippen LogP contribution in [0, 0.1) is 6.92 Å². The van der Waals surface area contributed by atoms with Gasteiger partial charge >= 0.3 is 0 Å². The van der Waals surface area contributed by atoms with E-state index >= 15 is 0 Å². The van der Waals surface area contributed by atoms with Crippen LogP contribution in [-0.2, 0) is 33.2 Å². The second-order valence-electron chi connectivity index (χ2n) is 7.27. The van der Waals surface area contributed by atoms with E-state index in [1.54, 1.807) is 12.1 Å². The Morgan fingerprint density at radius 2 is 1.73 bits per heavy atom. The van der Waals surface area contributed by atoms with Gasteiger partial charge in [0.05, 0.1) is 11.5 Å². The second kappa shape index (κ2) is 8.72. The zero-order chi connectivity index (χ0) is 21.3. The molecular weight excluding hydrogens is 412 g/mol. The van der Waals surface area contributed by atoms with Crippen LogP contribution >= 0.6 is 0 Å². The van der Waals surface area contributed by atoms with Crippen LogP contribution in [0.3, 0.4) is 0 Å². The standard InChI is InChI=1S/C21H24O8S/c1-13-8-10-15(11-9-13)30(23,24)29-19-17(22)18-16(27-21(19)25-2)12-26-20(28-18)14-6-4-3-5-7-14/h3-11,16-22H,12H2,1-2H3/t16-,17+,18-,19-,20?,21-/m1/s1. The third-order valence-electron chi connectivity index (χ3n) is 5.16. The van der Waals surface area contributed by atoms with Crippen molar-refractivity contribution in [1.82, 2.24) is 0 Å². The summed E-state index contributed by atoms with van der Waals surface area (Å²) in [6, 6.07) is 15.5. The molecule has 0 aliphatic carbocycles. The lowest BCUT2D eigenvalue weighted by Gasteiger charge is -2.46. The van der Waals surface area contributed by atoms with E-state index in [-0.39, 0.29) is 11.5 Å². The van der Waals surface area contributed by atoms with Crippen molar-refractivity contribution in [3.8, 4) is 0 Å². The van der Waals surface area contributed by atoms with Crippen LogP contribution in [0.2, 0.25) is 0 Å². The summed E-state index contributed by atoms with van der Waals surface area (Å²) in [5.74, 6) is 0. The highest BCUT2D eigenvalue weighted by Crippen LogP contribution is 2.36. The summed E-state index contributed by atoms with van der Waals surface area (Å²) in [6.45, 7) is 2.00. The maximum absolute atomic E-state index is 12.8. The van der Waals surface area contributed by atoms with Gasteiger partial charge in [-0.25, -0.2) is 0 Å². The third-order valence-corrected chi connectivity index (χ3v) is 6.49. The summed E-state index contributed by atoms with van der Waals surface area (Å²) in [7, 11) is -2.81. The SMILES string of the molecule is CO[C@@H]1O[C@@H]2COC(c3ccccc3)O[C@H]2[C@H](O)[C@H]1OS(=O)(=O)c1ccc(C)cc1. The lowest BCUT2D eigenvalue weighted by atomic mass is 9.98. The van der Waals surface area contributed by atoms with E-state index in [4.69, 9.17) is 23.1 Å². The Kier molecular flexibility index (Phi) is 6.21. The minimum absolute atomic E-state index is 0.0210. The van der Waals surface area contributed by atoms with Crippen LogP contribution in [0.15, 0.2) is 59.5 Å². The third kappa shape index (κ3) is 4.28. The van der Waals surface area contributed by atoms with Gasteiger partial charge in [0, 0.05) is 12.7 Å². The fourth-order valence-electron chi connectivity index (χ4n) is 3.55. The molecule has 2 fully saturated rings. The van der Waals surface area contributed by atoms with Crippen LogP contribution in [0.4, 0.5) is 0 Å². The summed E-state index contributed by atoms with van der Waals surface area (Å²) in [5.41, 5.74) is 1.69. The van der Waals surface area contributed by atoms with Crippen molar-refractivity contribution in [2.45, 2.75) is 48.8 Å². The molecule has 2 aromatic rings. The van der Waals surface area contributed by atoms with Crippen LogP contribution in [0.5, 0.6) is 0 Å². The molecule has 0 aromatic heterocycles. The number of methoxy groups -OCH3 is 1. The molecule has 30 heavy (non-hydrogen) atoms. The summed E-state index contributed by atoms with van der Waals surface area (Å²) in [4.78, 5) is -0.0210. The number of rotatable bonds is 5. The van der Waals surface area contributed by atoms with E-state index in [2.05, 4.69) is 0 Å². The Morgan fingerprint density at radius 3 is 2.40 bits per heavy atom. The lowest BCUT2D eigenvalue weighted by Crippen LogP contribution is -2.63. The van der Waals surface area contributed by atoms with Gasteiger partial charge in [-0.05, 0) is 19.1 Å². The smallest absolute Gasteiger partial charge is 0.297 e. The first kappa shape index (κ1) is 21.4. The van der Waals surface area contributed by atoms with Gasteiger partial charge in [0.25, 0.3) is 10.1 Å². The minimum atomic E-state index is -4.16. The van der Waals surface area contributed by atoms with Crippen molar-refractivity contribution in [2.24, 2.45) is 0 Å². The topological polar surface area (TPSA) is 101 Å². The molecule has 0 amide bonds. The quantitative estimate of drug-likeness (QED) is 0.710. The summed E-state index contributed by atoms with van der Waals surface area (Å²) >= 11 is 0. The molecule has 2 aliphatic heterocycles. The first-order chi connectivity index (χ1) is 14.4. The van der Waals surface area contributed by atoms with Gasteiger partial charge in [0.15, 0.2) is 18.7 Å². The highest BCUT2D eigenvalue weighted by Gasteiger charge is 2.51. The zero-order valence-corrected chi connectivity index (χ0v) is 17.4. The Morgan fingerprint density at radius 1 is 1.03 bits per heavy atom. The molecule has 6 atom stereocenters. The molecule has 0 bridgehead atoms. The van der Waals surface area contributed by atoms with Crippen molar-refractivity contribution in [2.75, 3.05) is 13.7 Å². The minimum Gasteiger partial charge on any atom is -0.387 e. The molecular formula is C21H24O8S. The molecule has 2 aromatic carbocycles. The van der Waals surface area contributed by atoms with Crippen LogP contribution in [0.25, 0.3) is 0 Å². The van der Waals surface area contributed by atoms with E-state index in [1.807, 2.05) is 37.3 Å². The molecule has 162 valence electrons. The molecule has 4 rings (SSSR count). The molecule has 1 N–H and O–H groups in total. The number of aryl methyl sites for hydroxylation is 1. The molecule has 1 unspecified atom stereocenters. The van der Waals surface area contributed by atoms with Crippen molar-refractivity contribution in [3.63, 3.8) is 0 Å². The Hall–Kier alpha value is -1.85. The maximum atomic E-state index is 12.8. The number of hydrogen-bond donors (Lipinski definition) is 1. The molecule has 0 spiro atoms. The maximum Gasteiger partial charge on any atom is 0.297 e. The largest absolute Gasteiger partial charge is 0.387 e. The summed E-state index contributed by atoms with van der Waals surface area (Å²) in [5, 5.41) is 11.0. The fraction of sp³-hybridized carbons (Fsp3) is 0.429. The highest BCUT2D eigenvalue weighted by atomic mass is 32.2. The van der Waals surface area contributed by atoms with Gasteiger partial charge < -0.3 is 24.1 Å². The zero-order valence-electron chi connectivity index (χ0n) is 16.6. The summed E-state index contributed by atoms with van der Waals surface area (Å²) < 4.78 is 53.5. The van der Waals surface area contributed by atoms with Crippen molar-refractivity contribution < 1.29 is 36.7 Å². The Labute approximate surface area is 175 Å². The van der Waals surface area contributed by atoms with Gasteiger partial charge in [0.1, 0.15) is 18.3 Å². The van der Waals surface area contributed by atoms with Gasteiger partial charge in [-0.3, -0.25) is 4.18 Å². The number of benzene rings is 2. The molecule has 2 heterocycles. The Balaban J connectivity index is 1.55. The van der Waals surface area contributed by atoms with Crippen molar-refractivity contribution in [3.05, 3.63) is 65.7 Å². The van der Waals surface area contributed by atoms with E-state index in [1.165, 1.54) is 19.2 Å². The average Bonchev–Trinajstić information content (AvgIpc) is 2.76. The fourth-order valence-corrected chi connectivity index (χ4v) is 4.62. The molecule has 9 heteroatoms. The predicted octanol–water partition coefficient (Wildman–Crippen LogP) is 1.92. The molecule has 0 radical (unpaired) electrons. The first-order valence-corrected chi connectivity index (χ1v) is 11.0. The average molecular weight is 436 g/mol. The molecule has 8 nitrogen and oxygen atoms in total. The number of fused-ring (bicyclic) bond motifs is 1. The lowest BCUT2D eigenvalue weighted by molar-refractivity contribution is -0.354. The van der Waals surface area contributed by atoms with Crippen LogP contribution in [0.1, 0.15) is 17.4 Å². The molecule has 2 saturated heterocycles. The monoisotopic (exact) mass is 436 g/mol. The Bertz CT molecular complexity index is 947. The van der Waals surface area contributed by atoms with Gasteiger partial charge in [0.2, 0.25) is 0 Å². The number of hydrogen-bond acceptors (Lipinski definition) is 8. The predicted molar refractivity (Wildman–Crippen MR) is 105 cm³/mol. The highest BCUT2D eigenvalue weighted by molar-refractivity contribution is 7.86. The second-order valence-corrected chi connectivity index (χ2v) is 8.85. The van der Waals surface area contributed by atoms with Crippen LogP contribution in [-0.4, -0.2) is 57.9 Å². The molecule has 2 aliphatic rings. The molecule has 0 saturated carbocycles. The van der Waals surface area contributed by atoms with E-state index in [0.29, 0.717) is 0 Å². The van der Waals surface area contributed by atoms with E-state index in [0.717, 1.165) is 11.1 Å². The number of aliphatic hydroxyl groups excluding tert-OH is 1. The van der Waals surface area contributed by atoms with Crippen molar-refractivity contribution >= 4 is 10.1 Å². The number of aliphatic hydroxyl groups is 1. The van der Waals surface area contributed by atoms with Gasteiger partial charge in [-0.2, -0.15) is 8.42 Å². The van der Waals surface area contributed by atoms with E-state index in [9.17, 15) is 13.5 Å². The normalized spacial score (nSPS) is 31.8. The van der Waals surface area contributed by atoms with Crippen LogP contribution < -0.4 is 0 Å².